The number of nitrogens with one attached hydrogen (secondary N) is 2. The molecule has 1 aromatic heterocycles. The summed E-state index contributed by atoms with van der Waals surface area (Å²) in [5.74, 6) is -5.65. The van der Waals surface area contributed by atoms with E-state index < -0.39 is 68.9 Å². The quantitative estimate of drug-likeness (QED) is 0.284. The first-order valence-corrected chi connectivity index (χ1v) is 14.2. The summed E-state index contributed by atoms with van der Waals surface area (Å²) in [5, 5.41) is 18.0. The number of carbonyl (C=O) groups is 2. The SMILES string of the molecule is CC(=O)N[C@H](C)C(=O)N[C@@H](Cc1ccccc1)[C@H](O)CN(Cc1cccs1)S(=O)(=O)c1cc(F)c(F)cc1F. The van der Waals surface area contributed by atoms with Gasteiger partial charge >= 0.3 is 0 Å². The van der Waals surface area contributed by atoms with E-state index in [0.717, 1.165) is 4.31 Å². The van der Waals surface area contributed by atoms with Gasteiger partial charge < -0.3 is 15.7 Å². The average molecular weight is 584 g/mol. The lowest BCUT2D eigenvalue weighted by atomic mass is 10.0. The number of aliphatic hydroxyl groups is 1. The summed E-state index contributed by atoms with van der Waals surface area (Å²) in [5.41, 5.74) is 0.716. The van der Waals surface area contributed by atoms with Crippen LogP contribution in [0.4, 0.5) is 13.2 Å². The van der Waals surface area contributed by atoms with Crippen molar-refractivity contribution < 1.29 is 36.3 Å². The van der Waals surface area contributed by atoms with Crippen molar-refractivity contribution in [3.05, 3.63) is 87.9 Å². The minimum Gasteiger partial charge on any atom is -0.390 e. The number of thiophene rings is 1. The molecule has 39 heavy (non-hydrogen) atoms. The van der Waals surface area contributed by atoms with Crippen molar-refractivity contribution in [3.8, 4) is 0 Å². The van der Waals surface area contributed by atoms with Gasteiger partial charge in [0.25, 0.3) is 0 Å². The highest BCUT2D eigenvalue weighted by Gasteiger charge is 2.34. The molecule has 0 aliphatic carbocycles. The van der Waals surface area contributed by atoms with Gasteiger partial charge in [-0.05, 0) is 36.4 Å². The Morgan fingerprint density at radius 2 is 1.67 bits per heavy atom. The summed E-state index contributed by atoms with van der Waals surface area (Å²) in [7, 11) is -4.78. The number of nitrogens with zero attached hydrogens (tertiary/aromatic N) is 1. The van der Waals surface area contributed by atoms with Crippen LogP contribution in [0.1, 0.15) is 24.3 Å². The zero-order chi connectivity index (χ0) is 28.7. The van der Waals surface area contributed by atoms with Crippen LogP contribution < -0.4 is 10.6 Å². The molecule has 0 aliphatic heterocycles. The molecular weight excluding hydrogens is 555 g/mol. The number of amides is 2. The summed E-state index contributed by atoms with van der Waals surface area (Å²) in [6.45, 7) is 1.77. The van der Waals surface area contributed by atoms with Gasteiger partial charge in [0.2, 0.25) is 21.8 Å². The van der Waals surface area contributed by atoms with Gasteiger partial charge in [-0.1, -0.05) is 36.4 Å². The van der Waals surface area contributed by atoms with Crippen molar-refractivity contribution in [3.63, 3.8) is 0 Å². The predicted octanol–water partition coefficient (Wildman–Crippen LogP) is 2.97. The molecule has 13 heteroatoms. The molecule has 0 unspecified atom stereocenters. The average Bonchev–Trinajstić information content (AvgIpc) is 3.38. The van der Waals surface area contributed by atoms with E-state index >= 15 is 0 Å². The van der Waals surface area contributed by atoms with Crippen LogP contribution in [0.3, 0.4) is 0 Å². The normalized spacial score (nSPS) is 14.0. The van der Waals surface area contributed by atoms with Crippen LogP contribution in [0.2, 0.25) is 0 Å². The molecule has 0 radical (unpaired) electrons. The fraction of sp³-hybridized carbons (Fsp3) is 0.308. The Morgan fingerprint density at radius 1 is 1.00 bits per heavy atom. The van der Waals surface area contributed by atoms with Gasteiger partial charge in [0, 0.05) is 31.0 Å². The maximum absolute atomic E-state index is 14.5. The van der Waals surface area contributed by atoms with Crippen molar-refractivity contribution >= 4 is 33.2 Å². The van der Waals surface area contributed by atoms with Gasteiger partial charge in [-0.15, -0.1) is 11.3 Å². The maximum Gasteiger partial charge on any atom is 0.246 e. The van der Waals surface area contributed by atoms with Gasteiger partial charge in [0.15, 0.2) is 11.6 Å². The molecule has 0 fully saturated rings. The van der Waals surface area contributed by atoms with E-state index in [4.69, 9.17) is 0 Å². The molecule has 0 spiro atoms. The standard InChI is InChI=1S/C26H28F3N3O5S2/c1-16(30-17(2)33)26(35)31-23(11-18-7-4-3-5-8-18)24(34)15-32(14-19-9-6-10-38-19)39(36,37)25-13-21(28)20(27)12-22(25)29/h3-10,12-13,16,23-24,34H,11,14-15H2,1-2H3,(H,30,33)(H,31,35)/t16-,23+,24-/m1/s1. The van der Waals surface area contributed by atoms with Crippen LogP contribution in [-0.4, -0.2) is 54.4 Å². The number of hydrogen-bond acceptors (Lipinski definition) is 6. The Labute approximate surface area is 228 Å². The predicted molar refractivity (Wildman–Crippen MR) is 140 cm³/mol. The third kappa shape index (κ3) is 8.12. The van der Waals surface area contributed by atoms with Crippen molar-refractivity contribution in [2.45, 2.75) is 49.9 Å². The zero-order valence-electron chi connectivity index (χ0n) is 21.1. The lowest BCUT2D eigenvalue weighted by Crippen LogP contribution is -2.54. The van der Waals surface area contributed by atoms with E-state index in [1.165, 1.54) is 25.2 Å². The number of rotatable bonds is 12. The third-order valence-electron chi connectivity index (χ3n) is 5.80. The molecule has 3 rings (SSSR count). The number of sulfonamides is 1. The highest BCUT2D eigenvalue weighted by Crippen LogP contribution is 2.25. The lowest BCUT2D eigenvalue weighted by molar-refractivity contribution is -0.128. The third-order valence-corrected chi connectivity index (χ3v) is 8.49. The van der Waals surface area contributed by atoms with Crippen LogP contribution in [0, 0.1) is 17.5 Å². The van der Waals surface area contributed by atoms with Gasteiger partial charge in [0.1, 0.15) is 16.8 Å². The van der Waals surface area contributed by atoms with E-state index in [-0.39, 0.29) is 25.1 Å². The molecule has 2 amide bonds. The monoisotopic (exact) mass is 583 g/mol. The Bertz CT molecular complexity index is 1390. The molecule has 3 N–H and O–H groups in total. The van der Waals surface area contributed by atoms with Gasteiger partial charge in [-0.2, -0.15) is 4.31 Å². The first kappa shape index (κ1) is 30.3. The molecule has 3 aromatic rings. The molecule has 0 saturated heterocycles. The molecule has 3 atom stereocenters. The number of aliphatic hydroxyl groups excluding tert-OH is 1. The minimum absolute atomic E-state index is 0.0902. The molecule has 0 bridgehead atoms. The Balaban J connectivity index is 1.95. The van der Waals surface area contributed by atoms with Gasteiger partial charge in [-0.3, -0.25) is 9.59 Å². The fourth-order valence-electron chi connectivity index (χ4n) is 3.83. The minimum atomic E-state index is -4.78. The number of halogens is 3. The second-order valence-corrected chi connectivity index (χ2v) is 11.8. The smallest absolute Gasteiger partial charge is 0.246 e. The summed E-state index contributed by atoms with van der Waals surface area (Å²) < 4.78 is 69.7. The molecular formula is C26H28F3N3O5S2. The van der Waals surface area contributed by atoms with E-state index in [1.807, 2.05) is 0 Å². The van der Waals surface area contributed by atoms with E-state index in [1.54, 1.807) is 47.8 Å². The van der Waals surface area contributed by atoms with Crippen molar-refractivity contribution in [1.82, 2.24) is 14.9 Å². The first-order valence-electron chi connectivity index (χ1n) is 11.8. The molecule has 0 aliphatic rings. The number of carbonyl (C=O) groups excluding carboxylic acids is 2. The second-order valence-electron chi connectivity index (χ2n) is 8.87. The highest BCUT2D eigenvalue weighted by molar-refractivity contribution is 7.89. The van der Waals surface area contributed by atoms with Crippen molar-refractivity contribution in [2.24, 2.45) is 0 Å². The van der Waals surface area contributed by atoms with Crippen LogP contribution in [0.25, 0.3) is 0 Å². The molecule has 8 nitrogen and oxygen atoms in total. The first-order chi connectivity index (χ1) is 18.4. The van der Waals surface area contributed by atoms with Gasteiger partial charge in [-0.25, -0.2) is 21.6 Å². The van der Waals surface area contributed by atoms with E-state index in [2.05, 4.69) is 10.6 Å². The van der Waals surface area contributed by atoms with Crippen molar-refractivity contribution in [1.29, 1.82) is 0 Å². The van der Waals surface area contributed by atoms with Crippen LogP contribution in [0.5, 0.6) is 0 Å². The zero-order valence-corrected chi connectivity index (χ0v) is 22.7. The van der Waals surface area contributed by atoms with Crippen LogP contribution in [-0.2, 0) is 32.6 Å². The number of hydrogen-bond donors (Lipinski definition) is 3. The Morgan fingerprint density at radius 3 is 2.28 bits per heavy atom. The largest absolute Gasteiger partial charge is 0.390 e. The Hall–Kier alpha value is -3.26. The molecule has 1 heterocycles. The summed E-state index contributed by atoms with van der Waals surface area (Å²) in [6, 6.07) is 10.5. The summed E-state index contributed by atoms with van der Waals surface area (Å²) in [6.07, 6.45) is -1.44. The van der Waals surface area contributed by atoms with E-state index in [9.17, 15) is 36.3 Å². The topological polar surface area (TPSA) is 116 Å². The fourth-order valence-corrected chi connectivity index (χ4v) is 6.13. The lowest BCUT2D eigenvalue weighted by Gasteiger charge is -2.30. The maximum atomic E-state index is 14.5. The van der Waals surface area contributed by atoms with Crippen LogP contribution >= 0.6 is 11.3 Å². The highest BCUT2D eigenvalue weighted by atomic mass is 32.2. The Kier molecular flexibility index (Phi) is 10.2. The molecule has 0 saturated carbocycles. The van der Waals surface area contributed by atoms with Crippen molar-refractivity contribution in [2.75, 3.05) is 6.54 Å². The summed E-state index contributed by atoms with van der Waals surface area (Å²) >= 11 is 1.21. The molecule has 2 aromatic carbocycles. The van der Waals surface area contributed by atoms with Crippen LogP contribution in [0.15, 0.2) is 64.9 Å². The van der Waals surface area contributed by atoms with E-state index in [0.29, 0.717) is 10.4 Å². The number of benzene rings is 2. The second kappa shape index (κ2) is 13.2. The van der Waals surface area contributed by atoms with Gasteiger partial charge in [0.05, 0.1) is 12.1 Å². The summed E-state index contributed by atoms with van der Waals surface area (Å²) in [4.78, 5) is 23.6. The molecule has 210 valence electrons.